The Hall–Kier alpha value is -0.450. The first kappa shape index (κ1) is 15.9. The van der Waals surface area contributed by atoms with E-state index < -0.39 is 0 Å². The zero-order chi connectivity index (χ0) is 15.0. The van der Waals surface area contributed by atoms with Gasteiger partial charge in [0.2, 0.25) is 0 Å². The van der Waals surface area contributed by atoms with E-state index in [0.717, 1.165) is 19.4 Å². The van der Waals surface area contributed by atoms with Gasteiger partial charge in [0.15, 0.2) is 0 Å². The van der Waals surface area contributed by atoms with Crippen LogP contribution in [0.15, 0.2) is 5.38 Å². The van der Waals surface area contributed by atoms with E-state index >= 15 is 0 Å². The van der Waals surface area contributed by atoms with Gasteiger partial charge in [0, 0.05) is 23.4 Å². The van der Waals surface area contributed by atoms with Crippen molar-refractivity contribution in [2.45, 2.75) is 77.5 Å². The first-order chi connectivity index (χ1) is 9.23. The molecule has 0 spiro atoms. The summed E-state index contributed by atoms with van der Waals surface area (Å²) < 4.78 is 5.75. The lowest BCUT2D eigenvalue weighted by Crippen LogP contribution is -2.51. The minimum atomic E-state index is -0.0139. The van der Waals surface area contributed by atoms with Gasteiger partial charge in [-0.2, -0.15) is 0 Å². The van der Waals surface area contributed by atoms with E-state index in [2.05, 4.69) is 52.2 Å². The zero-order valence-corrected chi connectivity index (χ0v) is 14.4. The average molecular weight is 296 g/mol. The van der Waals surface area contributed by atoms with Gasteiger partial charge in [0.25, 0.3) is 0 Å². The maximum Gasteiger partial charge on any atom is 0.113 e. The molecule has 1 aliphatic heterocycles. The van der Waals surface area contributed by atoms with Gasteiger partial charge in [-0.15, -0.1) is 11.3 Å². The largest absolute Gasteiger partial charge is 0.378 e. The molecule has 20 heavy (non-hydrogen) atoms. The van der Waals surface area contributed by atoms with Crippen molar-refractivity contribution in [1.29, 1.82) is 0 Å². The molecular weight excluding hydrogens is 268 g/mol. The summed E-state index contributed by atoms with van der Waals surface area (Å²) >= 11 is 1.80. The topological polar surface area (TPSA) is 34.2 Å². The van der Waals surface area contributed by atoms with Gasteiger partial charge in [0.05, 0.1) is 17.3 Å². The normalized spacial score (nSPS) is 28.1. The number of nitrogens with zero attached hydrogens (tertiary/aromatic N) is 1. The minimum absolute atomic E-state index is 0.0139. The summed E-state index contributed by atoms with van der Waals surface area (Å²) in [5.74, 6) is 0. The van der Waals surface area contributed by atoms with Crippen LogP contribution in [0.25, 0.3) is 0 Å². The van der Waals surface area contributed by atoms with Gasteiger partial charge in [-0.25, -0.2) is 4.98 Å². The summed E-state index contributed by atoms with van der Waals surface area (Å²) in [4.78, 5) is 4.97. The molecule has 0 aromatic carbocycles. The maximum absolute atomic E-state index is 5.75. The molecule has 1 N–H and O–H groups in total. The van der Waals surface area contributed by atoms with E-state index in [1.54, 1.807) is 11.3 Å². The Kier molecular flexibility index (Phi) is 4.57. The Morgan fingerprint density at radius 1 is 1.45 bits per heavy atom. The van der Waals surface area contributed by atoms with E-state index in [9.17, 15) is 0 Å². The van der Waals surface area contributed by atoms with Gasteiger partial charge in [-0.3, -0.25) is 0 Å². The van der Waals surface area contributed by atoms with Crippen LogP contribution in [0.4, 0.5) is 0 Å². The molecule has 0 aliphatic carbocycles. The van der Waals surface area contributed by atoms with Crippen molar-refractivity contribution in [2.75, 3.05) is 6.61 Å². The van der Waals surface area contributed by atoms with Crippen molar-refractivity contribution in [3.05, 3.63) is 16.1 Å². The minimum Gasteiger partial charge on any atom is -0.378 e. The van der Waals surface area contributed by atoms with Gasteiger partial charge in [0.1, 0.15) is 5.01 Å². The fourth-order valence-corrected chi connectivity index (χ4v) is 4.11. The number of thiazole rings is 1. The fourth-order valence-electron chi connectivity index (χ4n) is 2.86. The molecule has 3 nitrogen and oxygen atoms in total. The fraction of sp³-hybridized carbons (Fsp3) is 0.812. The van der Waals surface area contributed by atoms with Crippen LogP contribution in [0.2, 0.25) is 0 Å². The summed E-state index contributed by atoms with van der Waals surface area (Å²) in [6, 6.07) is 0.447. The van der Waals surface area contributed by atoms with Gasteiger partial charge >= 0.3 is 0 Å². The predicted molar refractivity (Wildman–Crippen MR) is 85.4 cm³/mol. The highest BCUT2D eigenvalue weighted by Crippen LogP contribution is 2.38. The molecule has 0 saturated carbocycles. The Balaban J connectivity index is 2.33. The summed E-state index contributed by atoms with van der Waals surface area (Å²) in [5, 5.41) is 7.22. The lowest BCUT2D eigenvalue weighted by Gasteiger charge is -2.40. The lowest BCUT2D eigenvalue weighted by atomic mass is 9.86. The van der Waals surface area contributed by atoms with E-state index in [-0.39, 0.29) is 17.1 Å². The van der Waals surface area contributed by atoms with Crippen LogP contribution in [0, 0.1) is 0 Å². The lowest BCUT2D eigenvalue weighted by molar-refractivity contribution is -0.0231. The van der Waals surface area contributed by atoms with Crippen molar-refractivity contribution in [2.24, 2.45) is 0 Å². The quantitative estimate of drug-likeness (QED) is 0.920. The summed E-state index contributed by atoms with van der Waals surface area (Å²) in [7, 11) is 0. The first-order valence-electron chi connectivity index (χ1n) is 7.59. The standard InChI is InChI=1S/C16H28N2OS/c1-11(2)18-16(7-8-19-12(3)9-16)14-17-13(10-20-14)15(4,5)6/h10-12,18H,7-9H2,1-6H3. The van der Waals surface area contributed by atoms with Crippen molar-refractivity contribution in [1.82, 2.24) is 10.3 Å². The monoisotopic (exact) mass is 296 g/mol. The first-order valence-corrected chi connectivity index (χ1v) is 8.47. The Bertz CT molecular complexity index is 446. The van der Waals surface area contributed by atoms with Crippen LogP contribution < -0.4 is 5.32 Å². The van der Waals surface area contributed by atoms with Crippen LogP contribution in [-0.4, -0.2) is 23.7 Å². The molecule has 1 aromatic rings. The molecule has 1 aliphatic rings. The molecule has 114 valence electrons. The number of aromatic nitrogens is 1. The van der Waals surface area contributed by atoms with E-state index in [0.29, 0.717) is 6.04 Å². The van der Waals surface area contributed by atoms with Crippen molar-refractivity contribution in [3.8, 4) is 0 Å². The molecule has 2 rings (SSSR count). The highest BCUT2D eigenvalue weighted by atomic mass is 32.1. The zero-order valence-electron chi connectivity index (χ0n) is 13.6. The van der Waals surface area contributed by atoms with Crippen molar-refractivity contribution < 1.29 is 4.74 Å². The van der Waals surface area contributed by atoms with Crippen LogP contribution in [0.3, 0.4) is 0 Å². The third-order valence-corrected chi connectivity index (χ3v) is 4.86. The average Bonchev–Trinajstić information content (AvgIpc) is 2.76. The van der Waals surface area contributed by atoms with Crippen molar-refractivity contribution >= 4 is 11.3 Å². The number of ether oxygens (including phenoxy) is 1. The SMILES string of the molecule is CC(C)NC1(c2nc(C(C)(C)C)cs2)CCOC(C)C1. The highest BCUT2D eigenvalue weighted by molar-refractivity contribution is 7.09. The van der Waals surface area contributed by atoms with Crippen LogP contribution in [0.1, 0.15) is 65.1 Å². The second kappa shape index (κ2) is 5.74. The molecule has 0 radical (unpaired) electrons. The van der Waals surface area contributed by atoms with Crippen molar-refractivity contribution in [3.63, 3.8) is 0 Å². The van der Waals surface area contributed by atoms with Crippen LogP contribution in [0.5, 0.6) is 0 Å². The summed E-state index contributed by atoms with van der Waals surface area (Å²) in [6.45, 7) is 14.1. The Morgan fingerprint density at radius 3 is 2.65 bits per heavy atom. The second-order valence-corrected chi connectivity index (χ2v) is 8.16. The molecule has 2 unspecified atom stereocenters. The van der Waals surface area contributed by atoms with E-state index in [1.807, 2.05) is 0 Å². The molecule has 1 fully saturated rings. The Labute approximate surface area is 127 Å². The smallest absolute Gasteiger partial charge is 0.113 e. The number of hydrogen-bond donors (Lipinski definition) is 1. The summed E-state index contributed by atoms with van der Waals surface area (Å²) in [6.07, 6.45) is 2.30. The second-order valence-electron chi connectivity index (χ2n) is 7.30. The van der Waals surface area contributed by atoms with E-state index in [1.165, 1.54) is 10.7 Å². The maximum atomic E-state index is 5.75. The Morgan fingerprint density at radius 2 is 2.15 bits per heavy atom. The van der Waals surface area contributed by atoms with E-state index in [4.69, 9.17) is 9.72 Å². The van der Waals surface area contributed by atoms with Crippen LogP contribution >= 0.6 is 11.3 Å². The van der Waals surface area contributed by atoms with Crippen LogP contribution in [-0.2, 0) is 15.7 Å². The molecule has 0 amide bonds. The predicted octanol–water partition coefficient (Wildman–Crippen LogP) is 3.83. The number of hydrogen-bond acceptors (Lipinski definition) is 4. The summed E-state index contributed by atoms with van der Waals surface area (Å²) in [5.41, 5.74) is 1.30. The molecule has 2 atom stereocenters. The number of nitrogens with one attached hydrogen (secondary N) is 1. The van der Waals surface area contributed by atoms with Gasteiger partial charge < -0.3 is 10.1 Å². The molecule has 2 heterocycles. The third kappa shape index (κ3) is 3.41. The molecule has 0 bridgehead atoms. The third-order valence-electron chi connectivity index (χ3n) is 3.81. The van der Waals surface area contributed by atoms with Gasteiger partial charge in [-0.1, -0.05) is 20.8 Å². The molecule has 1 saturated heterocycles. The molecule has 4 heteroatoms. The van der Waals surface area contributed by atoms with Gasteiger partial charge in [-0.05, 0) is 33.6 Å². The number of rotatable bonds is 3. The molecule has 1 aromatic heterocycles. The molecular formula is C16H28N2OS. The highest BCUT2D eigenvalue weighted by Gasteiger charge is 2.40.